The molecule has 4 aliphatic rings. The van der Waals surface area contributed by atoms with Gasteiger partial charge in [0.25, 0.3) is 5.91 Å². The molecule has 0 radical (unpaired) electrons. The quantitative estimate of drug-likeness (QED) is 0.291. The Morgan fingerprint density at radius 1 is 1.02 bits per heavy atom. The summed E-state index contributed by atoms with van der Waals surface area (Å²) in [4.78, 5) is 37.0. The van der Waals surface area contributed by atoms with E-state index in [4.69, 9.17) is 9.72 Å². The van der Waals surface area contributed by atoms with Crippen LogP contribution < -0.4 is 9.64 Å². The number of ether oxygens (including phenoxy) is 1. The van der Waals surface area contributed by atoms with Crippen LogP contribution in [-0.4, -0.2) is 87.5 Å². The lowest BCUT2D eigenvalue weighted by atomic mass is 10.0. The number of anilines is 1. The molecule has 47 heavy (non-hydrogen) atoms. The molecule has 10 heteroatoms. The zero-order chi connectivity index (χ0) is 32.2. The van der Waals surface area contributed by atoms with Crippen LogP contribution in [0.25, 0.3) is 16.6 Å². The first kappa shape index (κ1) is 29.6. The Balaban J connectivity index is 0.956. The number of carbonyl (C=O) groups excluding carboxylic acids is 2. The number of Topliss-reactive ketones (excluding diaryl/α,β-unsaturated/α-hetero) is 1. The monoisotopic (exact) mass is 629 g/mol. The predicted octanol–water partition coefficient (Wildman–Crippen LogP) is 4.67. The maximum Gasteiger partial charge on any atom is 0.254 e. The molecular formula is C37H39N7O3. The molecule has 2 bridgehead atoms. The first-order valence-corrected chi connectivity index (χ1v) is 16.7. The molecule has 4 aliphatic heterocycles. The van der Waals surface area contributed by atoms with E-state index in [1.165, 1.54) is 0 Å². The predicted molar refractivity (Wildman–Crippen MR) is 177 cm³/mol. The maximum absolute atomic E-state index is 13.3. The highest BCUT2D eigenvalue weighted by molar-refractivity contribution is 5.96. The number of carbonyl (C=O) groups is 2. The van der Waals surface area contributed by atoms with Crippen LogP contribution in [0.3, 0.4) is 0 Å². The first-order valence-electron chi connectivity index (χ1n) is 16.7. The highest BCUT2D eigenvalue weighted by Crippen LogP contribution is 2.37. The van der Waals surface area contributed by atoms with Crippen molar-refractivity contribution in [1.29, 1.82) is 5.26 Å². The average Bonchev–Trinajstić information content (AvgIpc) is 3.83. The summed E-state index contributed by atoms with van der Waals surface area (Å²) in [6.45, 7) is 8.66. The van der Waals surface area contributed by atoms with Gasteiger partial charge in [-0.2, -0.15) is 10.4 Å². The van der Waals surface area contributed by atoms with Gasteiger partial charge in [0, 0.05) is 92.4 Å². The van der Waals surface area contributed by atoms with Crippen molar-refractivity contribution in [3.05, 3.63) is 77.2 Å². The number of nitriles is 1. The van der Waals surface area contributed by atoms with Crippen LogP contribution in [0.4, 0.5) is 5.82 Å². The van der Waals surface area contributed by atoms with Gasteiger partial charge in [0.2, 0.25) is 0 Å². The summed E-state index contributed by atoms with van der Waals surface area (Å²) in [5.74, 6) is 2.96. The first-order chi connectivity index (χ1) is 22.9. The molecule has 0 N–H and O–H groups in total. The summed E-state index contributed by atoms with van der Waals surface area (Å²) in [7, 11) is 0. The Morgan fingerprint density at radius 3 is 2.49 bits per heavy atom. The van der Waals surface area contributed by atoms with Crippen molar-refractivity contribution in [2.24, 2.45) is 11.8 Å². The molecule has 1 amide bonds. The summed E-state index contributed by atoms with van der Waals surface area (Å²) in [5.41, 5.74) is 5.98. The molecule has 240 valence electrons. The molecule has 4 saturated heterocycles. The number of aryl methyl sites for hydroxylation is 1. The third kappa shape index (κ3) is 5.32. The van der Waals surface area contributed by atoms with Crippen LogP contribution in [0, 0.1) is 37.0 Å². The number of amides is 1. The van der Waals surface area contributed by atoms with E-state index in [1.807, 2.05) is 42.4 Å². The third-order valence-corrected chi connectivity index (χ3v) is 11.0. The topological polar surface area (TPSA) is 107 Å². The van der Waals surface area contributed by atoms with Gasteiger partial charge in [-0.3, -0.25) is 14.5 Å². The lowest BCUT2D eigenvalue weighted by Gasteiger charge is -2.33. The molecule has 0 spiro atoms. The third-order valence-electron chi connectivity index (χ3n) is 11.0. The molecular weight excluding hydrogens is 590 g/mol. The van der Waals surface area contributed by atoms with Crippen LogP contribution in [-0.2, 0) is 4.79 Å². The fourth-order valence-corrected chi connectivity index (χ4v) is 8.41. The van der Waals surface area contributed by atoms with Gasteiger partial charge >= 0.3 is 0 Å². The van der Waals surface area contributed by atoms with Crippen LogP contribution in [0.15, 0.2) is 55.0 Å². The molecule has 7 heterocycles. The Bertz CT molecular complexity index is 1880. The van der Waals surface area contributed by atoms with Crippen molar-refractivity contribution in [3.63, 3.8) is 0 Å². The van der Waals surface area contributed by atoms with Crippen molar-refractivity contribution in [2.75, 3.05) is 44.2 Å². The van der Waals surface area contributed by atoms with Crippen LogP contribution >= 0.6 is 0 Å². The molecule has 0 saturated carbocycles. The van der Waals surface area contributed by atoms with E-state index in [1.54, 1.807) is 10.7 Å². The number of benzene rings is 1. The summed E-state index contributed by atoms with van der Waals surface area (Å²) in [5, 5.41) is 14.3. The number of hydrogen-bond donors (Lipinski definition) is 0. The molecule has 4 unspecified atom stereocenters. The van der Waals surface area contributed by atoms with Gasteiger partial charge in [-0.25, -0.2) is 9.50 Å². The minimum Gasteiger partial charge on any atom is -0.491 e. The van der Waals surface area contributed by atoms with Crippen LogP contribution in [0.5, 0.6) is 5.75 Å². The summed E-state index contributed by atoms with van der Waals surface area (Å²) in [6.07, 6.45) is 8.77. The second-order valence-electron chi connectivity index (χ2n) is 13.8. The van der Waals surface area contributed by atoms with Gasteiger partial charge in [-0.15, -0.1) is 0 Å². The Kier molecular flexibility index (Phi) is 7.44. The van der Waals surface area contributed by atoms with E-state index in [2.05, 4.69) is 46.1 Å². The average molecular weight is 630 g/mol. The van der Waals surface area contributed by atoms with E-state index in [0.717, 1.165) is 84.7 Å². The number of likely N-dealkylation sites (tertiary alicyclic amines) is 1. The van der Waals surface area contributed by atoms with E-state index in [-0.39, 0.29) is 5.91 Å². The van der Waals surface area contributed by atoms with Crippen molar-refractivity contribution in [1.82, 2.24) is 24.4 Å². The second kappa shape index (κ2) is 11.8. The van der Waals surface area contributed by atoms with Gasteiger partial charge in [0.15, 0.2) is 0 Å². The second-order valence-corrected chi connectivity index (χ2v) is 13.8. The van der Waals surface area contributed by atoms with E-state index < -0.39 is 0 Å². The van der Waals surface area contributed by atoms with Gasteiger partial charge in [0.1, 0.15) is 30.0 Å². The fraction of sp³-hybridized carbons (Fsp3) is 0.432. The summed E-state index contributed by atoms with van der Waals surface area (Å²) in [6, 6.07) is 15.0. The Hall–Kier alpha value is -4.75. The number of aromatic nitrogens is 3. The van der Waals surface area contributed by atoms with Crippen LogP contribution in [0.1, 0.15) is 52.7 Å². The minimum atomic E-state index is 0.138. The molecule has 0 aliphatic carbocycles. The van der Waals surface area contributed by atoms with E-state index >= 15 is 0 Å². The normalized spacial score (nSPS) is 23.8. The molecule has 1 aromatic carbocycles. The van der Waals surface area contributed by atoms with Gasteiger partial charge in [-0.1, -0.05) is 12.1 Å². The lowest BCUT2D eigenvalue weighted by Crippen LogP contribution is -2.44. The van der Waals surface area contributed by atoms with Gasteiger partial charge in [-0.05, 0) is 62.1 Å². The van der Waals surface area contributed by atoms with Gasteiger partial charge in [0.05, 0.1) is 23.5 Å². The Labute approximate surface area is 274 Å². The highest BCUT2D eigenvalue weighted by Gasteiger charge is 2.42. The molecule has 4 aromatic rings. The molecule has 3 aromatic heterocycles. The largest absolute Gasteiger partial charge is 0.491 e. The molecule has 4 atom stereocenters. The van der Waals surface area contributed by atoms with Crippen molar-refractivity contribution in [2.45, 2.75) is 51.6 Å². The number of rotatable bonds is 7. The van der Waals surface area contributed by atoms with Crippen molar-refractivity contribution in [3.8, 4) is 22.9 Å². The SMILES string of the molecule is Cc1cccc(C(=O)N2CC3CN(c4ccc(-c5cc(OCCN6C7CCC6CC(=O)C7)cn6ncc(C#N)c56)cn4)CC3C2)c1C. The lowest BCUT2D eigenvalue weighted by molar-refractivity contribution is -0.123. The summed E-state index contributed by atoms with van der Waals surface area (Å²) < 4.78 is 7.98. The Morgan fingerprint density at radius 2 is 1.79 bits per heavy atom. The zero-order valence-electron chi connectivity index (χ0n) is 26.9. The standard InChI is InChI=1S/C37H39N7O3/c1-23-4-3-5-33(24(23)2)37(46)42-20-27-18-41(19-28(27)21-42)35-9-6-25(16-39-35)34-14-32(22-44-36(34)26(15-38)17-40-44)47-11-10-43-29-7-8-30(43)13-31(45)12-29/h3-6,9,14,16-17,22,27-30H,7-8,10-13,18-21H2,1-2H3. The number of pyridine rings is 2. The number of hydrogen-bond acceptors (Lipinski definition) is 8. The highest BCUT2D eigenvalue weighted by atomic mass is 16.5. The molecule has 8 rings (SSSR count). The van der Waals surface area contributed by atoms with Crippen LogP contribution in [0.2, 0.25) is 0 Å². The minimum absolute atomic E-state index is 0.138. The zero-order valence-corrected chi connectivity index (χ0v) is 26.9. The van der Waals surface area contributed by atoms with E-state index in [0.29, 0.717) is 60.5 Å². The smallest absolute Gasteiger partial charge is 0.254 e. The van der Waals surface area contributed by atoms with Crippen molar-refractivity contribution >= 4 is 23.0 Å². The number of ketones is 1. The van der Waals surface area contributed by atoms with E-state index in [9.17, 15) is 14.9 Å². The van der Waals surface area contributed by atoms with Gasteiger partial charge < -0.3 is 14.5 Å². The number of nitrogens with zero attached hydrogens (tertiary/aromatic N) is 7. The van der Waals surface area contributed by atoms with Crippen molar-refractivity contribution < 1.29 is 14.3 Å². The molecule has 4 fully saturated rings. The molecule has 10 nitrogen and oxygen atoms in total. The summed E-state index contributed by atoms with van der Waals surface area (Å²) >= 11 is 0. The maximum atomic E-state index is 13.3. The fourth-order valence-electron chi connectivity index (χ4n) is 8.41. The number of fused-ring (bicyclic) bond motifs is 4. The number of piperidine rings is 1.